The first-order chi connectivity index (χ1) is 11.1. The summed E-state index contributed by atoms with van der Waals surface area (Å²) in [5.74, 6) is 0.418. The Hall–Kier alpha value is -0.780. The molecule has 0 aromatic heterocycles. The molecule has 0 radical (unpaired) electrons. The molecule has 1 atom stereocenters. The predicted octanol–water partition coefficient (Wildman–Crippen LogP) is 5.81. The van der Waals surface area contributed by atoms with Gasteiger partial charge in [0.15, 0.2) is 0 Å². The van der Waals surface area contributed by atoms with E-state index in [1.165, 1.54) is 17.7 Å². The summed E-state index contributed by atoms with van der Waals surface area (Å²) in [6.45, 7) is 5.98. The highest BCUT2D eigenvalue weighted by Gasteiger charge is 2.22. The second-order valence-electron chi connectivity index (χ2n) is 5.86. The minimum atomic E-state index is -3.83. The minimum Gasteiger partial charge on any atom is -0.207 e. The SMILES string of the molecule is CC(C)c1ccc(C(C)NS(=O)(=O)c2cc(Cl)c(Cl)cc2Cl)cc1. The molecule has 3 nitrogen and oxygen atoms in total. The lowest BCUT2D eigenvalue weighted by Crippen LogP contribution is -2.27. The van der Waals surface area contributed by atoms with Crippen LogP contribution >= 0.6 is 34.8 Å². The van der Waals surface area contributed by atoms with Gasteiger partial charge in [-0.2, -0.15) is 0 Å². The second-order valence-corrected chi connectivity index (χ2v) is 8.77. The lowest BCUT2D eigenvalue weighted by molar-refractivity contribution is 0.567. The van der Waals surface area contributed by atoms with Crippen molar-refractivity contribution in [1.29, 1.82) is 0 Å². The van der Waals surface area contributed by atoms with Crippen LogP contribution in [0.1, 0.15) is 43.9 Å². The normalized spacial score (nSPS) is 13.3. The molecule has 2 rings (SSSR count). The highest BCUT2D eigenvalue weighted by atomic mass is 35.5. The van der Waals surface area contributed by atoms with Gasteiger partial charge in [-0.25, -0.2) is 13.1 Å². The van der Waals surface area contributed by atoms with Gasteiger partial charge in [-0.15, -0.1) is 0 Å². The first-order valence-corrected chi connectivity index (χ1v) is 10.00. The van der Waals surface area contributed by atoms with E-state index in [0.29, 0.717) is 5.92 Å². The van der Waals surface area contributed by atoms with Gasteiger partial charge in [-0.05, 0) is 36.1 Å². The Morgan fingerprint density at radius 2 is 1.33 bits per heavy atom. The standard InChI is InChI=1S/C17H18Cl3NO2S/c1-10(2)12-4-6-13(7-5-12)11(3)21-24(22,23)17-9-15(19)14(18)8-16(17)20/h4-11,21H,1-3H3. The molecule has 0 aliphatic rings. The predicted molar refractivity (Wildman–Crippen MR) is 101 cm³/mol. The van der Waals surface area contributed by atoms with Gasteiger partial charge in [-0.1, -0.05) is 72.9 Å². The van der Waals surface area contributed by atoms with Crippen molar-refractivity contribution in [3.63, 3.8) is 0 Å². The van der Waals surface area contributed by atoms with Crippen molar-refractivity contribution in [2.45, 2.75) is 37.6 Å². The van der Waals surface area contributed by atoms with Crippen molar-refractivity contribution in [3.8, 4) is 0 Å². The van der Waals surface area contributed by atoms with Crippen LogP contribution in [0.3, 0.4) is 0 Å². The van der Waals surface area contributed by atoms with Crippen LogP contribution in [-0.4, -0.2) is 8.42 Å². The number of benzene rings is 2. The van der Waals surface area contributed by atoms with E-state index in [9.17, 15) is 8.42 Å². The maximum absolute atomic E-state index is 12.6. The fourth-order valence-electron chi connectivity index (χ4n) is 2.24. The Bertz CT molecular complexity index is 834. The summed E-state index contributed by atoms with van der Waals surface area (Å²) in [4.78, 5) is -0.0933. The quantitative estimate of drug-likeness (QED) is 0.637. The molecular weight excluding hydrogens is 389 g/mol. The zero-order valence-electron chi connectivity index (χ0n) is 13.5. The highest BCUT2D eigenvalue weighted by molar-refractivity contribution is 7.89. The Labute approximate surface area is 158 Å². The van der Waals surface area contributed by atoms with E-state index in [-0.39, 0.29) is 20.0 Å². The van der Waals surface area contributed by atoms with Crippen LogP contribution in [0.5, 0.6) is 0 Å². The van der Waals surface area contributed by atoms with Gasteiger partial charge in [-0.3, -0.25) is 0 Å². The summed E-state index contributed by atoms with van der Waals surface area (Å²) < 4.78 is 27.8. The molecule has 0 bridgehead atoms. The molecule has 0 aliphatic heterocycles. The van der Waals surface area contributed by atoms with Crippen molar-refractivity contribution in [2.75, 3.05) is 0 Å². The smallest absolute Gasteiger partial charge is 0.207 e. The molecule has 2 aromatic carbocycles. The molecule has 2 aromatic rings. The summed E-state index contributed by atoms with van der Waals surface area (Å²) in [5.41, 5.74) is 2.06. The molecule has 24 heavy (non-hydrogen) atoms. The Kier molecular flexibility index (Phi) is 6.21. The zero-order valence-corrected chi connectivity index (χ0v) is 16.6. The van der Waals surface area contributed by atoms with Crippen LogP contribution in [0.2, 0.25) is 15.1 Å². The lowest BCUT2D eigenvalue weighted by atomic mass is 10.00. The molecule has 0 spiro atoms. The van der Waals surface area contributed by atoms with E-state index in [4.69, 9.17) is 34.8 Å². The minimum absolute atomic E-state index is 0.0271. The van der Waals surface area contributed by atoms with Gasteiger partial charge in [0.2, 0.25) is 10.0 Å². The number of halogens is 3. The molecule has 0 heterocycles. The average molecular weight is 407 g/mol. The second kappa shape index (κ2) is 7.63. The van der Waals surface area contributed by atoms with Crippen molar-refractivity contribution >= 4 is 44.8 Å². The fraction of sp³-hybridized carbons (Fsp3) is 0.294. The third kappa shape index (κ3) is 4.44. The van der Waals surface area contributed by atoms with Crippen molar-refractivity contribution in [3.05, 3.63) is 62.6 Å². The van der Waals surface area contributed by atoms with Crippen LogP contribution in [-0.2, 0) is 10.0 Å². The van der Waals surface area contributed by atoms with Gasteiger partial charge < -0.3 is 0 Å². The Morgan fingerprint density at radius 1 is 0.833 bits per heavy atom. The first kappa shape index (κ1) is 19.5. The molecule has 7 heteroatoms. The molecule has 0 aliphatic carbocycles. The lowest BCUT2D eigenvalue weighted by Gasteiger charge is -2.17. The van der Waals surface area contributed by atoms with Crippen LogP contribution in [0.4, 0.5) is 0 Å². The first-order valence-electron chi connectivity index (χ1n) is 7.38. The maximum atomic E-state index is 12.6. The van der Waals surface area contributed by atoms with Gasteiger partial charge in [0.25, 0.3) is 0 Å². The van der Waals surface area contributed by atoms with E-state index in [1.807, 2.05) is 24.3 Å². The third-order valence-corrected chi connectivity index (χ3v) is 6.43. The maximum Gasteiger partial charge on any atom is 0.242 e. The third-order valence-electron chi connectivity index (χ3n) is 3.70. The summed E-state index contributed by atoms with van der Waals surface area (Å²) in [6.07, 6.45) is 0. The van der Waals surface area contributed by atoms with Gasteiger partial charge in [0.05, 0.1) is 15.1 Å². The number of rotatable bonds is 5. The molecule has 0 saturated carbocycles. The zero-order chi connectivity index (χ0) is 18.1. The fourth-order valence-corrected chi connectivity index (χ4v) is 4.48. The van der Waals surface area contributed by atoms with Crippen molar-refractivity contribution < 1.29 is 8.42 Å². The molecule has 0 saturated heterocycles. The van der Waals surface area contributed by atoms with Crippen LogP contribution in [0, 0.1) is 0 Å². The molecule has 0 amide bonds. The van der Waals surface area contributed by atoms with E-state index in [1.54, 1.807) is 6.92 Å². The number of nitrogens with one attached hydrogen (secondary N) is 1. The number of sulfonamides is 1. The number of hydrogen-bond donors (Lipinski definition) is 1. The van der Waals surface area contributed by atoms with Gasteiger partial charge >= 0.3 is 0 Å². The molecule has 1 N–H and O–H groups in total. The highest BCUT2D eigenvalue weighted by Crippen LogP contribution is 2.32. The Balaban J connectivity index is 2.27. The molecule has 130 valence electrons. The van der Waals surface area contributed by atoms with E-state index < -0.39 is 16.1 Å². The molecule has 1 unspecified atom stereocenters. The molecule has 0 fully saturated rings. The topological polar surface area (TPSA) is 46.2 Å². The van der Waals surface area contributed by atoms with E-state index >= 15 is 0 Å². The summed E-state index contributed by atoms with van der Waals surface area (Å²) in [5, 5.41) is 0.368. The van der Waals surface area contributed by atoms with Crippen LogP contribution in [0.25, 0.3) is 0 Å². The summed E-state index contributed by atoms with van der Waals surface area (Å²) in [7, 11) is -3.83. The van der Waals surface area contributed by atoms with Gasteiger partial charge in [0, 0.05) is 6.04 Å². The van der Waals surface area contributed by atoms with Crippen molar-refractivity contribution in [2.24, 2.45) is 0 Å². The van der Waals surface area contributed by atoms with Crippen molar-refractivity contribution in [1.82, 2.24) is 4.72 Å². The summed E-state index contributed by atoms with van der Waals surface area (Å²) >= 11 is 17.8. The van der Waals surface area contributed by atoms with E-state index in [0.717, 1.165) is 5.56 Å². The Morgan fingerprint density at radius 3 is 1.88 bits per heavy atom. The van der Waals surface area contributed by atoms with E-state index in [2.05, 4.69) is 18.6 Å². The largest absolute Gasteiger partial charge is 0.242 e. The van der Waals surface area contributed by atoms with Crippen LogP contribution in [0.15, 0.2) is 41.3 Å². The molecular formula is C17H18Cl3NO2S. The monoisotopic (exact) mass is 405 g/mol. The van der Waals surface area contributed by atoms with Crippen LogP contribution < -0.4 is 4.72 Å². The number of hydrogen-bond acceptors (Lipinski definition) is 2. The van der Waals surface area contributed by atoms with Gasteiger partial charge in [0.1, 0.15) is 4.90 Å². The average Bonchev–Trinajstić information content (AvgIpc) is 2.50. The summed E-state index contributed by atoms with van der Waals surface area (Å²) in [6, 6.07) is 9.98.